The Balaban J connectivity index is 2.10. The van der Waals surface area contributed by atoms with Gasteiger partial charge in [-0.1, -0.05) is 19.1 Å². The molecule has 4 nitrogen and oxygen atoms in total. The molecule has 1 N–H and O–H groups in total. The largest absolute Gasteiger partial charge is 0.478 e. The first-order valence-corrected chi connectivity index (χ1v) is 7.05. The first kappa shape index (κ1) is 15.2. The number of nitrogens with zero attached hydrogens (tertiary/aromatic N) is 2. The normalized spacial score (nSPS) is 10.8. The van der Waals surface area contributed by atoms with E-state index in [2.05, 4.69) is 16.8 Å². The Kier molecular flexibility index (Phi) is 5.06. The topological polar surface area (TPSA) is 53.4 Å². The zero-order valence-corrected chi connectivity index (χ0v) is 12.4. The molecule has 4 heteroatoms. The van der Waals surface area contributed by atoms with Crippen molar-refractivity contribution in [2.75, 3.05) is 6.54 Å². The average molecular weight is 284 g/mol. The van der Waals surface area contributed by atoms with E-state index < -0.39 is 5.97 Å². The van der Waals surface area contributed by atoms with Crippen molar-refractivity contribution in [1.82, 2.24) is 9.88 Å². The highest BCUT2D eigenvalue weighted by molar-refractivity contribution is 5.87. The number of carbonyl (C=O) groups is 1. The fourth-order valence-corrected chi connectivity index (χ4v) is 2.25. The van der Waals surface area contributed by atoms with E-state index in [1.807, 2.05) is 31.2 Å². The highest BCUT2D eigenvalue weighted by atomic mass is 16.4. The van der Waals surface area contributed by atoms with Gasteiger partial charge in [0.05, 0.1) is 11.3 Å². The van der Waals surface area contributed by atoms with E-state index >= 15 is 0 Å². The van der Waals surface area contributed by atoms with Gasteiger partial charge in [0.2, 0.25) is 0 Å². The summed E-state index contributed by atoms with van der Waals surface area (Å²) >= 11 is 0. The van der Waals surface area contributed by atoms with Crippen LogP contribution in [-0.4, -0.2) is 27.5 Å². The molecule has 2 rings (SSSR count). The first-order chi connectivity index (χ1) is 10.1. The Morgan fingerprint density at radius 1 is 1.24 bits per heavy atom. The Hall–Kier alpha value is -2.20. The lowest BCUT2D eigenvalue weighted by atomic mass is 10.0. The van der Waals surface area contributed by atoms with E-state index in [9.17, 15) is 4.79 Å². The highest BCUT2D eigenvalue weighted by Crippen LogP contribution is 2.15. The molecule has 0 bridgehead atoms. The second-order valence-corrected chi connectivity index (χ2v) is 5.07. The predicted molar refractivity (Wildman–Crippen MR) is 82.2 cm³/mol. The molecule has 0 saturated heterocycles. The van der Waals surface area contributed by atoms with Gasteiger partial charge >= 0.3 is 5.97 Å². The molecule has 0 fully saturated rings. The van der Waals surface area contributed by atoms with Gasteiger partial charge in [0.15, 0.2) is 0 Å². The smallest absolute Gasteiger partial charge is 0.335 e. The van der Waals surface area contributed by atoms with Gasteiger partial charge in [-0.2, -0.15) is 0 Å². The molecule has 0 spiro atoms. The molecule has 1 heterocycles. The van der Waals surface area contributed by atoms with Crippen molar-refractivity contribution >= 4 is 5.97 Å². The van der Waals surface area contributed by atoms with Crippen LogP contribution in [0.4, 0.5) is 0 Å². The summed E-state index contributed by atoms with van der Waals surface area (Å²) in [6.45, 7) is 6.56. The number of hydrogen-bond donors (Lipinski definition) is 1. The summed E-state index contributed by atoms with van der Waals surface area (Å²) in [7, 11) is 0. The minimum atomic E-state index is -0.884. The fourth-order valence-electron chi connectivity index (χ4n) is 2.25. The second kappa shape index (κ2) is 6.99. The molecule has 0 unspecified atom stereocenters. The van der Waals surface area contributed by atoms with Crippen LogP contribution in [0.3, 0.4) is 0 Å². The molecule has 0 aliphatic carbocycles. The van der Waals surface area contributed by atoms with Crippen LogP contribution in [0.5, 0.6) is 0 Å². The minimum Gasteiger partial charge on any atom is -0.478 e. The zero-order chi connectivity index (χ0) is 15.2. The quantitative estimate of drug-likeness (QED) is 0.885. The summed E-state index contributed by atoms with van der Waals surface area (Å²) in [5, 5.41) is 9.00. The Labute approximate surface area is 125 Å². The molecule has 2 aromatic rings. The molecule has 0 radical (unpaired) electrons. The molecule has 0 amide bonds. The van der Waals surface area contributed by atoms with Gasteiger partial charge < -0.3 is 5.11 Å². The fraction of sp³-hybridized carbons (Fsp3) is 0.294. The standard InChI is InChI=1S/C17H20N2O2/c1-3-19(12-16-6-4-5-9-18-16)11-15-8-7-14(17(20)21)10-13(15)2/h4-10H,3,11-12H2,1-2H3,(H,20,21). The van der Waals surface area contributed by atoms with E-state index in [0.29, 0.717) is 5.56 Å². The molecule has 0 aliphatic heterocycles. The highest BCUT2D eigenvalue weighted by Gasteiger charge is 2.10. The van der Waals surface area contributed by atoms with E-state index in [1.165, 1.54) is 0 Å². The molecule has 0 saturated carbocycles. The van der Waals surface area contributed by atoms with Crippen LogP contribution in [-0.2, 0) is 13.1 Å². The van der Waals surface area contributed by atoms with Crippen molar-refractivity contribution in [1.29, 1.82) is 0 Å². The van der Waals surface area contributed by atoms with Crippen LogP contribution < -0.4 is 0 Å². The maximum atomic E-state index is 11.0. The van der Waals surface area contributed by atoms with Gasteiger partial charge in [0, 0.05) is 19.3 Å². The van der Waals surface area contributed by atoms with Crippen molar-refractivity contribution in [2.24, 2.45) is 0 Å². The summed E-state index contributed by atoms with van der Waals surface area (Å²) in [4.78, 5) is 17.6. The van der Waals surface area contributed by atoms with Gasteiger partial charge in [-0.3, -0.25) is 9.88 Å². The number of aryl methyl sites for hydroxylation is 1. The van der Waals surface area contributed by atoms with Crippen LogP contribution in [0, 0.1) is 6.92 Å². The molecule has 1 aromatic carbocycles. The van der Waals surface area contributed by atoms with Crippen molar-refractivity contribution in [2.45, 2.75) is 26.9 Å². The van der Waals surface area contributed by atoms with Crippen LogP contribution in [0.2, 0.25) is 0 Å². The van der Waals surface area contributed by atoms with Crippen LogP contribution >= 0.6 is 0 Å². The third-order valence-electron chi connectivity index (χ3n) is 3.54. The van der Waals surface area contributed by atoms with Gasteiger partial charge in [0.25, 0.3) is 0 Å². The number of carboxylic acids is 1. The molecular weight excluding hydrogens is 264 g/mol. The Morgan fingerprint density at radius 2 is 2.05 bits per heavy atom. The molecular formula is C17H20N2O2. The minimum absolute atomic E-state index is 0.337. The number of benzene rings is 1. The molecule has 21 heavy (non-hydrogen) atoms. The van der Waals surface area contributed by atoms with E-state index in [-0.39, 0.29) is 0 Å². The van der Waals surface area contributed by atoms with E-state index in [1.54, 1.807) is 18.3 Å². The zero-order valence-electron chi connectivity index (χ0n) is 12.4. The second-order valence-electron chi connectivity index (χ2n) is 5.07. The third-order valence-corrected chi connectivity index (χ3v) is 3.54. The van der Waals surface area contributed by atoms with Crippen LogP contribution in [0.1, 0.15) is 34.1 Å². The van der Waals surface area contributed by atoms with Crippen molar-refractivity contribution in [3.63, 3.8) is 0 Å². The molecule has 0 atom stereocenters. The molecule has 0 aliphatic rings. The number of rotatable bonds is 6. The summed E-state index contributed by atoms with van der Waals surface area (Å²) < 4.78 is 0. The number of aromatic carboxylic acids is 1. The number of aromatic nitrogens is 1. The van der Waals surface area contributed by atoms with Gasteiger partial charge in [-0.25, -0.2) is 4.79 Å². The van der Waals surface area contributed by atoms with Gasteiger partial charge in [-0.05, 0) is 48.9 Å². The molecule has 110 valence electrons. The van der Waals surface area contributed by atoms with Crippen LogP contribution in [0.15, 0.2) is 42.6 Å². The van der Waals surface area contributed by atoms with E-state index in [0.717, 1.165) is 36.5 Å². The SMILES string of the molecule is CCN(Cc1ccccn1)Cc1ccc(C(=O)O)cc1C. The number of hydrogen-bond acceptors (Lipinski definition) is 3. The first-order valence-electron chi connectivity index (χ1n) is 7.05. The Bertz CT molecular complexity index is 611. The van der Waals surface area contributed by atoms with Crippen molar-refractivity contribution in [3.05, 3.63) is 65.0 Å². The summed E-state index contributed by atoms with van der Waals surface area (Å²) in [5.41, 5.74) is 3.54. The van der Waals surface area contributed by atoms with Crippen molar-refractivity contribution < 1.29 is 9.90 Å². The Morgan fingerprint density at radius 3 is 2.62 bits per heavy atom. The number of pyridine rings is 1. The maximum Gasteiger partial charge on any atom is 0.335 e. The summed E-state index contributed by atoms with van der Waals surface area (Å²) in [5.74, 6) is -0.884. The van der Waals surface area contributed by atoms with Crippen molar-refractivity contribution in [3.8, 4) is 0 Å². The predicted octanol–water partition coefficient (Wildman–Crippen LogP) is 3.11. The number of carboxylic acid groups (broad SMARTS) is 1. The third kappa shape index (κ3) is 4.13. The van der Waals surface area contributed by atoms with Gasteiger partial charge in [-0.15, -0.1) is 0 Å². The lowest BCUT2D eigenvalue weighted by Crippen LogP contribution is -2.23. The monoisotopic (exact) mass is 284 g/mol. The lowest BCUT2D eigenvalue weighted by molar-refractivity contribution is 0.0696. The molecule has 1 aromatic heterocycles. The maximum absolute atomic E-state index is 11.0. The van der Waals surface area contributed by atoms with Crippen LogP contribution in [0.25, 0.3) is 0 Å². The van der Waals surface area contributed by atoms with Gasteiger partial charge in [0.1, 0.15) is 0 Å². The summed E-state index contributed by atoms with van der Waals surface area (Å²) in [6, 6.07) is 11.2. The van der Waals surface area contributed by atoms with E-state index in [4.69, 9.17) is 5.11 Å². The summed E-state index contributed by atoms with van der Waals surface area (Å²) in [6.07, 6.45) is 1.80. The average Bonchev–Trinajstić information content (AvgIpc) is 2.49. The lowest BCUT2D eigenvalue weighted by Gasteiger charge is -2.21.